The minimum atomic E-state index is -0.550. The summed E-state index contributed by atoms with van der Waals surface area (Å²) in [5, 5.41) is 0.714. The number of aryl methyl sites for hydroxylation is 1. The van der Waals surface area contributed by atoms with Crippen LogP contribution in [0, 0.1) is 18.8 Å². The van der Waals surface area contributed by atoms with Crippen molar-refractivity contribution in [2.45, 2.75) is 51.1 Å². The van der Waals surface area contributed by atoms with Crippen LogP contribution >= 0.6 is 23.2 Å². The van der Waals surface area contributed by atoms with Crippen molar-refractivity contribution in [1.82, 2.24) is 19.9 Å². The van der Waals surface area contributed by atoms with Crippen LogP contribution in [0.15, 0.2) is 42.6 Å². The molecule has 0 spiro atoms. The fourth-order valence-electron chi connectivity index (χ4n) is 6.29. The molecule has 1 saturated heterocycles. The summed E-state index contributed by atoms with van der Waals surface area (Å²) in [5.41, 5.74) is 3.74. The van der Waals surface area contributed by atoms with Crippen LogP contribution in [0.25, 0.3) is 11.4 Å². The van der Waals surface area contributed by atoms with E-state index in [1.54, 1.807) is 24.4 Å². The van der Waals surface area contributed by atoms with Crippen molar-refractivity contribution in [2.24, 2.45) is 11.8 Å². The van der Waals surface area contributed by atoms with Gasteiger partial charge in [0, 0.05) is 17.8 Å². The van der Waals surface area contributed by atoms with Gasteiger partial charge in [0.05, 0.1) is 38.2 Å². The molecule has 3 aliphatic rings. The van der Waals surface area contributed by atoms with Crippen LogP contribution in [-0.4, -0.2) is 31.8 Å². The van der Waals surface area contributed by atoms with Crippen LogP contribution in [0.3, 0.4) is 0 Å². The van der Waals surface area contributed by atoms with Gasteiger partial charge in [-0.3, -0.25) is 9.78 Å². The minimum Gasteiger partial charge on any atom is -0.324 e. The number of amides is 1. The standard InChI is InChI=1S/C26H24Cl2N4O/c1-14-30-22(20-8-3-4-11-29-20)18-13-16-12-15-9-10-26(2,24(18)31-14)32(23(15)16)25(33)17-6-5-7-19(27)21(17)28/h3-8,11,15-16,23H,9-10,12-13H2,1-2H3/t15?,16-,23+,26+/m1/s1. The van der Waals surface area contributed by atoms with Gasteiger partial charge in [-0.2, -0.15) is 0 Å². The lowest BCUT2D eigenvalue weighted by molar-refractivity contribution is -0.0801. The molecule has 1 amide bonds. The summed E-state index contributed by atoms with van der Waals surface area (Å²) in [4.78, 5) is 30.6. The fourth-order valence-corrected chi connectivity index (χ4v) is 6.67. The van der Waals surface area contributed by atoms with Gasteiger partial charge in [-0.25, -0.2) is 9.97 Å². The Bertz CT molecular complexity index is 1280. The Hall–Kier alpha value is -2.50. The number of carbonyl (C=O) groups is 1. The van der Waals surface area contributed by atoms with Crippen molar-refractivity contribution in [1.29, 1.82) is 0 Å². The van der Waals surface area contributed by atoms with Crippen molar-refractivity contribution in [3.8, 4) is 11.4 Å². The molecular formula is C26H24Cl2N4O. The van der Waals surface area contributed by atoms with Gasteiger partial charge in [0.2, 0.25) is 0 Å². The number of fused-ring (bicyclic) bond motifs is 3. The second-order valence-electron chi connectivity index (χ2n) is 9.70. The molecule has 0 radical (unpaired) electrons. The zero-order chi connectivity index (χ0) is 22.9. The Kier molecular flexibility index (Phi) is 4.79. The highest BCUT2D eigenvalue weighted by atomic mass is 35.5. The Morgan fingerprint density at radius 2 is 1.97 bits per heavy atom. The SMILES string of the molecule is Cc1nc(-c2ccccn2)c2c(n1)[C@]1(C)CCC3C[C@H](C2)[C@H]3N1C(=O)c1cccc(Cl)c1Cl. The van der Waals surface area contributed by atoms with Crippen LogP contribution in [0.5, 0.6) is 0 Å². The quantitative estimate of drug-likeness (QED) is 0.462. The molecule has 0 N–H and O–H groups in total. The third-order valence-electron chi connectivity index (χ3n) is 7.81. The van der Waals surface area contributed by atoms with Gasteiger partial charge in [0.15, 0.2) is 0 Å². The summed E-state index contributed by atoms with van der Waals surface area (Å²) in [6.07, 6.45) is 5.71. The lowest BCUT2D eigenvalue weighted by Gasteiger charge is -2.59. The van der Waals surface area contributed by atoms with E-state index in [9.17, 15) is 4.79 Å². The van der Waals surface area contributed by atoms with E-state index >= 15 is 0 Å². The lowest BCUT2D eigenvalue weighted by Crippen LogP contribution is -2.64. The average Bonchev–Trinajstić information content (AvgIpc) is 2.84. The number of hydrogen-bond acceptors (Lipinski definition) is 4. The molecular weight excluding hydrogens is 455 g/mol. The van der Waals surface area contributed by atoms with Gasteiger partial charge < -0.3 is 4.90 Å². The number of rotatable bonds is 2. The van der Waals surface area contributed by atoms with Gasteiger partial charge in [0.1, 0.15) is 5.82 Å². The highest BCUT2D eigenvalue weighted by Crippen LogP contribution is 2.57. The lowest BCUT2D eigenvalue weighted by atomic mass is 9.62. The van der Waals surface area contributed by atoms with E-state index in [0.717, 1.165) is 48.3 Å². The molecule has 4 atom stereocenters. The van der Waals surface area contributed by atoms with Gasteiger partial charge in [0.25, 0.3) is 5.91 Å². The summed E-state index contributed by atoms with van der Waals surface area (Å²) in [6.45, 7) is 4.08. The molecule has 5 nitrogen and oxygen atoms in total. The largest absolute Gasteiger partial charge is 0.324 e. The van der Waals surface area contributed by atoms with Gasteiger partial charge >= 0.3 is 0 Å². The molecule has 1 aromatic carbocycles. The van der Waals surface area contributed by atoms with Crippen LogP contribution < -0.4 is 0 Å². The maximum absolute atomic E-state index is 14.1. The predicted octanol–water partition coefficient (Wildman–Crippen LogP) is 5.87. The van der Waals surface area contributed by atoms with E-state index in [1.807, 2.05) is 25.1 Å². The molecule has 7 heteroatoms. The summed E-state index contributed by atoms with van der Waals surface area (Å²) in [5.74, 6) is 1.51. The van der Waals surface area contributed by atoms with Crippen molar-refractivity contribution in [3.05, 3.63) is 75.3 Å². The maximum Gasteiger partial charge on any atom is 0.256 e. The summed E-state index contributed by atoms with van der Waals surface area (Å²) in [7, 11) is 0. The first kappa shape index (κ1) is 21.1. The summed E-state index contributed by atoms with van der Waals surface area (Å²) in [6, 6.07) is 11.3. The smallest absolute Gasteiger partial charge is 0.256 e. The molecule has 4 heterocycles. The third kappa shape index (κ3) is 3.05. The topological polar surface area (TPSA) is 59.0 Å². The second kappa shape index (κ2) is 7.51. The van der Waals surface area contributed by atoms with Crippen LogP contribution in [-0.2, 0) is 12.0 Å². The van der Waals surface area contributed by atoms with E-state index in [2.05, 4.69) is 16.8 Å². The molecule has 1 unspecified atom stereocenters. The molecule has 1 aliphatic carbocycles. The maximum atomic E-state index is 14.1. The zero-order valence-corrected chi connectivity index (χ0v) is 20.1. The molecule has 1 saturated carbocycles. The van der Waals surface area contributed by atoms with Crippen LogP contribution in [0.4, 0.5) is 0 Å². The summed E-state index contributed by atoms with van der Waals surface area (Å²) >= 11 is 12.8. The normalized spacial score (nSPS) is 27.4. The van der Waals surface area contributed by atoms with E-state index < -0.39 is 5.54 Å². The molecule has 2 aliphatic heterocycles. The minimum absolute atomic E-state index is 0.0621. The van der Waals surface area contributed by atoms with Gasteiger partial charge in [-0.05, 0) is 75.6 Å². The van der Waals surface area contributed by atoms with Crippen molar-refractivity contribution < 1.29 is 4.79 Å². The highest BCUT2D eigenvalue weighted by molar-refractivity contribution is 6.43. The Morgan fingerprint density at radius 3 is 2.76 bits per heavy atom. The number of piperidine rings is 1. The fraction of sp³-hybridized carbons (Fsp3) is 0.385. The Balaban J connectivity index is 1.57. The number of carbonyl (C=O) groups excluding carboxylic acids is 1. The second-order valence-corrected chi connectivity index (χ2v) is 10.5. The number of benzene rings is 1. The van der Waals surface area contributed by atoms with Crippen molar-refractivity contribution >= 4 is 29.1 Å². The predicted molar refractivity (Wildman–Crippen MR) is 128 cm³/mol. The number of aromatic nitrogens is 3. The molecule has 2 bridgehead atoms. The Labute approximate surface area is 203 Å². The highest BCUT2D eigenvalue weighted by Gasteiger charge is 2.59. The number of halogens is 2. The van der Waals surface area contributed by atoms with Gasteiger partial charge in [-0.1, -0.05) is 35.3 Å². The number of pyridine rings is 1. The number of hydrogen-bond donors (Lipinski definition) is 0. The first-order valence-electron chi connectivity index (χ1n) is 11.5. The molecule has 3 aromatic rings. The van der Waals surface area contributed by atoms with E-state index in [1.165, 1.54) is 0 Å². The van der Waals surface area contributed by atoms with E-state index in [-0.39, 0.29) is 11.9 Å². The zero-order valence-electron chi connectivity index (χ0n) is 18.6. The molecule has 33 heavy (non-hydrogen) atoms. The van der Waals surface area contributed by atoms with E-state index in [4.69, 9.17) is 33.2 Å². The first-order valence-corrected chi connectivity index (χ1v) is 12.2. The summed E-state index contributed by atoms with van der Waals surface area (Å²) < 4.78 is 0. The first-order chi connectivity index (χ1) is 15.9. The molecule has 2 fully saturated rings. The third-order valence-corrected chi connectivity index (χ3v) is 8.63. The van der Waals surface area contributed by atoms with Crippen LogP contribution in [0.1, 0.15) is 53.6 Å². The van der Waals surface area contributed by atoms with Crippen LogP contribution in [0.2, 0.25) is 10.0 Å². The molecule has 6 rings (SSSR count). The number of nitrogens with zero attached hydrogens (tertiary/aromatic N) is 4. The Morgan fingerprint density at radius 1 is 1.12 bits per heavy atom. The average molecular weight is 479 g/mol. The molecule has 168 valence electrons. The monoisotopic (exact) mass is 478 g/mol. The van der Waals surface area contributed by atoms with E-state index in [0.29, 0.717) is 33.3 Å². The van der Waals surface area contributed by atoms with Gasteiger partial charge in [-0.15, -0.1) is 0 Å². The van der Waals surface area contributed by atoms with Crippen molar-refractivity contribution in [3.63, 3.8) is 0 Å². The molecule has 2 aromatic heterocycles. The van der Waals surface area contributed by atoms with Crippen molar-refractivity contribution in [2.75, 3.05) is 0 Å².